The summed E-state index contributed by atoms with van der Waals surface area (Å²) in [5.74, 6) is -2.59. The zero-order valence-electron chi connectivity index (χ0n) is 21.4. The first-order valence-electron chi connectivity index (χ1n) is 11.7. The van der Waals surface area contributed by atoms with E-state index in [2.05, 4.69) is 5.32 Å². The van der Waals surface area contributed by atoms with E-state index >= 15 is 0 Å². The Hall–Kier alpha value is -2.89. The van der Waals surface area contributed by atoms with Crippen LogP contribution in [0.25, 0.3) is 0 Å². The van der Waals surface area contributed by atoms with E-state index in [1.807, 2.05) is 0 Å². The number of carbonyl (C=O) groups is 5. The van der Waals surface area contributed by atoms with Crippen LogP contribution in [0.3, 0.4) is 0 Å². The molecule has 1 N–H and O–H groups in total. The van der Waals surface area contributed by atoms with Gasteiger partial charge in [0.25, 0.3) is 0 Å². The molecule has 1 rings (SSSR count). The maximum Gasteiger partial charge on any atom is 0.408 e. The van der Waals surface area contributed by atoms with Crippen molar-refractivity contribution >= 4 is 30.0 Å². The number of esters is 4. The number of rotatable bonds is 10. The van der Waals surface area contributed by atoms with Gasteiger partial charge in [-0.1, -0.05) is 20.8 Å². The largest absolute Gasteiger partial charge is 0.463 e. The van der Waals surface area contributed by atoms with Crippen LogP contribution in [0.5, 0.6) is 0 Å². The van der Waals surface area contributed by atoms with E-state index in [1.54, 1.807) is 48.5 Å². The molecule has 0 aromatic carbocycles. The highest BCUT2D eigenvalue weighted by Crippen LogP contribution is 2.29. The third kappa shape index (κ3) is 10.5. The number of alkyl carbamates (subject to hydrolysis) is 1. The quantitative estimate of drug-likeness (QED) is 0.343. The van der Waals surface area contributed by atoms with Crippen LogP contribution in [-0.4, -0.2) is 79.2 Å². The highest BCUT2D eigenvalue weighted by molar-refractivity contribution is 5.78. The highest BCUT2D eigenvalue weighted by atomic mass is 16.7. The summed E-state index contributed by atoms with van der Waals surface area (Å²) in [6, 6.07) is 0. The van der Waals surface area contributed by atoms with E-state index in [0.717, 1.165) is 0 Å². The fraction of sp³-hybridized carbons (Fsp3) is 0.783. The number of hydrogen-bond donors (Lipinski definition) is 1. The van der Waals surface area contributed by atoms with Gasteiger partial charge in [-0.25, -0.2) is 4.79 Å². The first kappa shape index (κ1) is 30.1. The normalized spacial score (nSPS) is 24.0. The Labute approximate surface area is 205 Å². The molecule has 12 heteroatoms. The van der Waals surface area contributed by atoms with Gasteiger partial charge >= 0.3 is 30.0 Å². The molecule has 200 valence electrons. The van der Waals surface area contributed by atoms with Crippen LogP contribution < -0.4 is 5.32 Å². The minimum Gasteiger partial charge on any atom is -0.463 e. The Bertz CT molecular complexity index is 761. The third-order valence-electron chi connectivity index (χ3n) is 4.72. The van der Waals surface area contributed by atoms with Gasteiger partial charge in [-0.3, -0.25) is 19.2 Å². The fourth-order valence-electron chi connectivity index (χ4n) is 3.07. The van der Waals surface area contributed by atoms with E-state index in [9.17, 15) is 24.0 Å². The maximum atomic E-state index is 12.5. The van der Waals surface area contributed by atoms with E-state index in [-0.39, 0.29) is 25.9 Å². The monoisotopic (exact) mass is 503 g/mol. The van der Waals surface area contributed by atoms with E-state index in [4.69, 9.17) is 28.4 Å². The summed E-state index contributed by atoms with van der Waals surface area (Å²) in [6.07, 6.45) is -6.09. The first-order valence-corrected chi connectivity index (χ1v) is 11.7. The Morgan fingerprint density at radius 1 is 0.771 bits per heavy atom. The van der Waals surface area contributed by atoms with E-state index in [1.165, 1.54) is 0 Å². The van der Waals surface area contributed by atoms with Crippen molar-refractivity contribution in [1.29, 1.82) is 0 Å². The summed E-state index contributed by atoms with van der Waals surface area (Å²) in [4.78, 5) is 60.3. The molecule has 1 aliphatic heterocycles. The predicted octanol–water partition coefficient (Wildman–Crippen LogP) is 1.81. The third-order valence-corrected chi connectivity index (χ3v) is 4.72. The van der Waals surface area contributed by atoms with Crippen molar-refractivity contribution in [2.75, 3.05) is 13.2 Å². The first-order chi connectivity index (χ1) is 16.3. The molecule has 0 aromatic rings. The van der Waals surface area contributed by atoms with Gasteiger partial charge in [-0.2, -0.15) is 0 Å². The summed E-state index contributed by atoms with van der Waals surface area (Å²) in [5.41, 5.74) is -0.758. The fourth-order valence-corrected chi connectivity index (χ4v) is 3.07. The molecule has 0 aliphatic carbocycles. The van der Waals surface area contributed by atoms with Gasteiger partial charge in [0.05, 0.1) is 6.10 Å². The number of ether oxygens (including phenoxy) is 6. The van der Waals surface area contributed by atoms with Crippen LogP contribution in [0.15, 0.2) is 0 Å². The topological polar surface area (TPSA) is 153 Å². The molecule has 1 saturated heterocycles. The SMILES string of the molecule is CCC(=O)OC[C@H]1O[C@@H](C)[C@H](OC(=O)CNC(=O)OC(C)(C)C)[C@@H](OC(=O)CC)[C@@H]1OC(=O)CC. The van der Waals surface area contributed by atoms with Crippen molar-refractivity contribution in [3.05, 3.63) is 0 Å². The molecule has 35 heavy (non-hydrogen) atoms. The van der Waals surface area contributed by atoms with Gasteiger partial charge in [0.15, 0.2) is 18.3 Å². The maximum absolute atomic E-state index is 12.5. The second kappa shape index (κ2) is 13.9. The second-order valence-corrected chi connectivity index (χ2v) is 8.84. The van der Waals surface area contributed by atoms with Crippen molar-refractivity contribution in [3.63, 3.8) is 0 Å². The summed E-state index contributed by atoms with van der Waals surface area (Å²) < 4.78 is 32.6. The van der Waals surface area contributed by atoms with E-state index < -0.39 is 72.6 Å². The van der Waals surface area contributed by atoms with Gasteiger partial charge in [-0.05, 0) is 27.7 Å². The Morgan fingerprint density at radius 3 is 1.80 bits per heavy atom. The Balaban J connectivity index is 3.08. The van der Waals surface area contributed by atoms with Crippen LogP contribution in [-0.2, 0) is 47.6 Å². The molecular weight excluding hydrogens is 466 g/mol. The summed E-state index contributed by atoms with van der Waals surface area (Å²) in [5, 5.41) is 2.28. The van der Waals surface area contributed by atoms with Crippen molar-refractivity contribution in [2.24, 2.45) is 0 Å². The molecule has 0 spiro atoms. The number of amides is 1. The molecule has 0 bridgehead atoms. The van der Waals surface area contributed by atoms with Crippen LogP contribution in [0.4, 0.5) is 4.79 Å². The van der Waals surface area contributed by atoms with Crippen molar-refractivity contribution in [3.8, 4) is 0 Å². The van der Waals surface area contributed by atoms with Crippen LogP contribution in [0, 0.1) is 0 Å². The van der Waals surface area contributed by atoms with Crippen LogP contribution in [0.2, 0.25) is 0 Å². The summed E-state index contributed by atoms with van der Waals surface area (Å²) in [7, 11) is 0. The van der Waals surface area contributed by atoms with Gasteiger partial charge in [0, 0.05) is 19.3 Å². The van der Waals surface area contributed by atoms with Crippen molar-refractivity contribution < 1.29 is 52.4 Å². The summed E-state index contributed by atoms with van der Waals surface area (Å²) in [6.45, 7) is 10.6. The molecule has 1 amide bonds. The number of carbonyl (C=O) groups excluding carboxylic acids is 5. The van der Waals surface area contributed by atoms with Gasteiger partial charge in [0.1, 0.15) is 24.9 Å². The smallest absolute Gasteiger partial charge is 0.408 e. The molecular formula is C23H37NO11. The number of nitrogens with one attached hydrogen (secondary N) is 1. The lowest BCUT2D eigenvalue weighted by molar-refractivity contribution is -0.250. The minimum absolute atomic E-state index is 0.0105. The lowest BCUT2D eigenvalue weighted by Crippen LogP contribution is -2.62. The van der Waals surface area contributed by atoms with E-state index in [0.29, 0.717) is 0 Å². The lowest BCUT2D eigenvalue weighted by Gasteiger charge is -2.43. The minimum atomic E-state index is -1.24. The van der Waals surface area contributed by atoms with Crippen molar-refractivity contribution in [2.45, 2.75) is 104 Å². The molecule has 1 aliphatic rings. The highest BCUT2D eigenvalue weighted by Gasteiger charge is 2.51. The lowest BCUT2D eigenvalue weighted by atomic mass is 9.95. The Kier molecular flexibility index (Phi) is 11.9. The Morgan fingerprint density at radius 2 is 1.29 bits per heavy atom. The summed E-state index contributed by atoms with van der Waals surface area (Å²) >= 11 is 0. The second-order valence-electron chi connectivity index (χ2n) is 8.84. The number of hydrogen-bond acceptors (Lipinski definition) is 11. The zero-order valence-corrected chi connectivity index (χ0v) is 21.4. The average Bonchev–Trinajstić information content (AvgIpc) is 2.78. The van der Waals surface area contributed by atoms with Crippen LogP contribution in [0.1, 0.15) is 67.7 Å². The molecule has 0 radical (unpaired) electrons. The molecule has 0 aromatic heterocycles. The molecule has 5 atom stereocenters. The molecule has 12 nitrogen and oxygen atoms in total. The van der Waals surface area contributed by atoms with Crippen molar-refractivity contribution in [1.82, 2.24) is 5.32 Å². The average molecular weight is 504 g/mol. The van der Waals surface area contributed by atoms with Crippen LogP contribution >= 0.6 is 0 Å². The molecule has 1 fully saturated rings. The van der Waals surface area contributed by atoms with Gasteiger partial charge in [-0.15, -0.1) is 0 Å². The van der Waals surface area contributed by atoms with Gasteiger partial charge < -0.3 is 33.7 Å². The molecule has 0 saturated carbocycles. The predicted molar refractivity (Wildman–Crippen MR) is 120 cm³/mol. The molecule has 0 unspecified atom stereocenters. The van der Waals surface area contributed by atoms with Gasteiger partial charge in [0.2, 0.25) is 0 Å². The molecule has 1 heterocycles. The zero-order chi connectivity index (χ0) is 26.8. The standard InChI is InChI=1S/C23H37NO11/c1-8-15(25)30-12-14-20(32-16(26)9-2)21(33-17(27)10-3)19(13(4)31-14)34-18(28)11-24-22(29)35-23(5,6)7/h13-14,19-21H,8-12H2,1-7H3,(H,24,29)/t13-,14+,19-,20+,21+/m0/s1.